The average Bonchev–Trinajstić information content (AvgIpc) is 2.73. The third-order valence-electron chi connectivity index (χ3n) is 4.42. The highest BCUT2D eigenvalue weighted by atomic mass is 19.1. The Hall–Kier alpha value is -4.07. The van der Waals surface area contributed by atoms with Gasteiger partial charge in [0, 0.05) is 23.3 Å². The van der Waals surface area contributed by atoms with Crippen LogP contribution in [-0.4, -0.2) is 20.9 Å². The zero-order valence-corrected chi connectivity index (χ0v) is 16.1. The molecule has 0 aliphatic carbocycles. The molecule has 2 aromatic heterocycles. The smallest absolute Gasteiger partial charge is 0.286 e. The van der Waals surface area contributed by atoms with Gasteiger partial charge in [0.05, 0.1) is 11.2 Å². The fraction of sp³-hybridized carbons (Fsp3) is 0.0909. The van der Waals surface area contributed by atoms with Crippen LogP contribution in [0.5, 0.6) is 5.75 Å². The van der Waals surface area contributed by atoms with Gasteiger partial charge in [-0.15, -0.1) is 0 Å². The van der Waals surface area contributed by atoms with Crippen molar-refractivity contribution in [3.63, 3.8) is 0 Å². The summed E-state index contributed by atoms with van der Waals surface area (Å²) in [5, 5.41) is 3.72. The van der Waals surface area contributed by atoms with Gasteiger partial charge < -0.3 is 15.8 Å². The quantitative estimate of drug-likeness (QED) is 0.506. The van der Waals surface area contributed by atoms with Crippen LogP contribution in [0.2, 0.25) is 0 Å². The first-order valence-corrected chi connectivity index (χ1v) is 9.17. The van der Waals surface area contributed by atoms with Crippen LogP contribution in [0.15, 0.2) is 60.8 Å². The molecule has 30 heavy (non-hydrogen) atoms. The molecule has 0 aliphatic rings. The van der Waals surface area contributed by atoms with Crippen molar-refractivity contribution in [3.05, 3.63) is 83.7 Å². The number of nitrogens with one attached hydrogen (secondary N) is 1. The van der Waals surface area contributed by atoms with Crippen LogP contribution in [0.25, 0.3) is 10.9 Å². The number of nitrogens with zero attached hydrogens (tertiary/aromatic N) is 3. The second-order valence-corrected chi connectivity index (χ2v) is 6.64. The van der Waals surface area contributed by atoms with Gasteiger partial charge in [-0.1, -0.05) is 6.07 Å². The number of nitrogens with two attached hydrogens (primary N) is 1. The summed E-state index contributed by atoms with van der Waals surface area (Å²) in [6.45, 7) is 2.28. The lowest BCUT2D eigenvalue weighted by atomic mass is 10.2. The van der Waals surface area contributed by atoms with Gasteiger partial charge in [0.15, 0.2) is 0 Å². The fourth-order valence-electron chi connectivity index (χ4n) is 2.97. The highest BCUT2D eigenvalue weighted by Crippen LogP contribution is 2.28. The lowest BCUT2D eigenvalue weighted by Crippen LogP contribution is -2.16. The molecule has 0 unspecified atom stereocenters. The highest BCUT2D eigenvalue weighted by molar-refractivity contribution is 5.96. The molecule has 8 heteroatoms. The Morgan fingerprint density at radius 1 is 1.13 bits per heavy atom. The van der Waals surface area contributed by atoms with E-state index in [9.17, 15) is 9.18 Å². The molecule has 0 atom stereocenters. The number of hydrogen-bond acceptors (Lipinski definition) is 6. The summed E-state index contributed by atoms with van der Waals surface area (Å²) >= 11 is 0. The third-order valence-corrected chi connectivity index (χ3v) is 4.42. The van der Waals surface area contributed by atoms with Crippen molar-refractivity contribution in [3.8, 4) is 5.75 Å². The zero-order chi connectivity index (χ0) is 21.1. The number of primary amides is 1. The van der Waals surface area contributed by atoms with Crippen LogP contribution in [0.1, 0.15) is 21.9 Å². The van der Waals surface area contributed by atoms with E-state index in [0.29, 0.717) is 17.8 Å². The molecule has 0 aliphatic heterocycles. The minimum absolute atomic E-state index is 0.192. The third kappa shape index (κ3) is 4.17. The Balaban J connectivity index is 1.60. The van der Waals surface area contributed by atoms with Crippen LogP contribution in [-0.2, 0) is 6.61 Å². The first kappa shape index (κ1) is 19.3. The van der Waals surface area contributed by atoms with Crippen molar-refractivity contribution >= 4 is 28.3 Å². The Labute approximate surface area is 171 Å². The van der Waals surface area contributed by atoms with Gasteiger partial charge in [0.25, 0.3) is 5.91 Å². The Bertz CT molecular complexity index is 1230. The van der Waals surface area contributed by atoms with Crippen LogP contribution >= 0.6 is 0 Å². The molecule has 0 spiro atoms. The van der Waals surface area contributed by atoms with Crippen LogP contribution in [0, 0.1) is 12.7 Å². The molecule has 4 rings (SSSR count). The monoisotopic (exact) mass is 403 g/mol. The van der Waals surface area contributed by atoms with Gasteiger partial charge in [-0.3, -0.25) is 9.78 Å². The summed E-state index contributed by atoms with van der Waals surface area (Å²) in [5.41, 5.74) is 8.06. The number of anilines is 2. The van der Waals surface area contributed by atoms with Gasteiger partial charge in [-0.25, -0.2) is 14.4 Å². The van der Waals surface area contributed by atoms with Crippen molar-refractivity contribution in [1.29, 1.82) is 0 Å². The summed E-state index contributed by atoms with van der Waals surface area (Å²) in [6, 6.07) is 15.3. The maximum absolute atomic E-state index is 13.6. The van der Waals surface area contributed by atoms with E-state index in [1.54, 1.807) is 12.3 Å². The molecule has 0 saturated heterocycles. The number of fused-ring (bicyclic) bond motifs is 1. The number of rotatable bonds is 6. The largest absolute Gasteiger partial charge is 0.487 e. The van der Waals surface area contributed by atoms with Crippen molar-refractivity contribution in [2.24, 2.45) is 5.73 Å². The summed E-state index contributed by atoms with van der Waals surface area (Å²) in [6.07, 6.45) is 1.72. The number of pyridine rings is 1. The summed E-state index contributed by atoms with van der Waals surface area (Å²) in [5.74, 6) is -0.372. The summed E-state index contributed by atoms with van der Waals surface area (Å²) in [7, 11) is 0. The fourth-order valence-corrected chi connectivity index (χ4v) is 2.97. The number of halogens is 1. The molecular weight excluding hydrogens is 385 g/mol. The molecule has 0 bridgehead atoms. The predicted molar refractivity (Wildman–Crippen MR) is 111 cm³/mol. The van der Waals surface area contributed by atoms with Gasteiger partial charge in [0.2, 0.25) is 5.82 Å². The Morgan fingerprint density at radius 3 is 2.73 bits per heavy atom. The molecule has 0 fully saturated rings. The van der Waals surface area contributed by atoms with E-state index in [1.165, 1.54) is 12.1 Å². The second-order valence-electron chi connectivity index (χ2n) is 6.64. The second kappa shape index (κ2) is 8.12. The maximum atomic E-state index is 13.6. The number of hydrogen-bond donors (Lipinski definition) is 2. The molecule has 2 heterocycles. The number of carbonyl (C=O) groups excluding carboxylic acids is 1. The van der Waals surface area contributed by atoms with E-state index in [1.807, 2.05) is 43.3 Å². The SMILES string of the molecule is Cc1cc(Nc2nc(C(N)=O)nc3cc(F)ccc23)ccc1OCc1ccccn1. The van der Waals surface area contributed by atoms with Gasteiger partial charge >= 0.3 is 0 Å². The molecule has 0 saturated carbocycles. The van der Waals surface area contributed by atoms with Gasteiger partial charge in [-0.05, 0) is 55.0 Å². The van der Waals surface area contributed by atoms with Gasteiger partial charge in [-0.2, -0.15) is 0 Å². The van der Waals surface area contributed by atoms with E-state index in [-0.39, 0.29) is 11.3 Å². The normalized spacial score (nSPS) is 10.7. The van der Waals surface area contributed by atoms with Crippen LogP contribution in [0.3, 0.4) is 0 Å². The number of aryl methyl sites for hydroxylation is 1. The number of amides is 1. The number of carbonyl (C=O) groups is 1. The average molecular weight is 403 g/mol. The number of benzene rings is 2. The Kier molecular flexibility index (Phi) is 5.21. The number of ether oxygens (including phenoxy) is 1. The van der Waals surface area contributed by atoms with Crippen LogP contribution < -0.4 is 15.8 Å². The number of aromatic nitrogens is 3. The maximum Gasteiger partial charge on any atom is 0.286 e. The zero-order valence-electron chi connectivity index (χ0n) is 16.1. The van der Waals surface area contributed by atoms with E-state index in [2.05, 4.69) is 20.3 Å². The molecule has 0 radical (unpaired) electrons. The minimum Gasteiger partial charge on any atom is -0.487 e. The van der Waals surface area contributed by atoms with Crippen molar-refractivity contribution in [2.75, 3.05) is 5.32 Å². The van der Waals surface area contributed by atoms with Crippen LogP contribution in [0.4, 0.5) is 15.9 Å². The molecule has 4 aromatic rings. The standard InChI is InChI=1S/C22H18FN5O2/c1-13-10-15(6-8-19(13)30-12-16-4-2-3-9-25-16)26-21-17-7-5-14(23)11-18(17)27-22(28-21)20(24)29/h2-11H,12H2,1H3,(H2,24,29)(H,26,27,28). The van der Waals surface area contributed by atoms with Crippen molar-refractivity contribution in [2.45, 2.75) is 13.5 Å². The van der Waals surface area contributed by atoms with Gasteiger partial charge in [0.1, 0.15) is 24.0 Å². The lowest BCUT2D eigenvalue weighted by Gasteiger charge is -2.13. The van der Waals surface area contributed by atoms with Crippen molar-refractivity contribution in [1.82, 2.24) is 15.0 Å². The molecule has 2 aromatic carbocycles. The molecule has 1 amide bonds. The van der Waals surface area contributed by atoms with E-state index in [0.717, 1.165) is 22.7 Å². The molecule has 150 valence electrons. The highest BCUT2D eigenvalue weighted by Gasteiger charge is 2.13. The molecular formula is C22H18FN5O2. The topological polar surface area (TPSA) is 103 Å². The van der Waals surface area contributed by atoms with E-state index in [4.69, 9.17) is 10.5 Å². The Morgan fingerprint density at radius 2 is 2.00 bits per heavy atom. The summed E-state index contributed by atoms with van der Waals surface area (Å²) in [4.78, 5) is 24.0. The first-order chi connectivity index (χ1) is 14.5. The van der Waals surface area contributed by atoms with Crippen molar-refractivity contribution < 1.29 is 13.9 Å². The lowest BCUT2D eigenvalue weighted by molar-refractivity contribution is 0.0991. The predicted octanol–water partition coefficient (Wildman–Crippen LogP) is 3.89. The molecule has 7 nitrogen and oxygen atoms in total. The minimum atomic E-state index is -0.793. The summed E-state index contributed by atoms with van der Waals surface area (Å²) < 4.78 is 19.4. The molecule has 3 N–H and O–H groups in total. The first-order valence-electron chi connectivity index (χ1n) is 9.17. The van der Waals surface area contributed by atoms with E-state index < -0.39 is 11.7 Å². The van der Waals surface area contributed by atoms with E-state index >= 15 is 0 Å².